The molecule has 7 heteroatoms. The molecule has 0 spiro atoms. The van der Waals surface area contributed by atoms with Gasteiger partial charge in [-0.25, -0.2) is 0 Å². The number of hydrogen-bond acceptors (Lipinski definition) is 6. The fourth-order valence-electron chi connectivity index (χ4n) is 2.27. The molecule has 110 valence electrons. The minimum atomic E-state index is -0.217. The Bertz CT molecular complexity index is 637. The van der Waals surface area contributed by atoms with Gasteiger partial charge in [0.25, 0.3) is 5.91 Å². The highest BCUT2D eigenvalue weighted by Gasteiger charge is 2.22. The molecule has 3 rings (SSSR count). The zero-order valence-corrected chi connectivity index (χ0v) is 12.2. The Morgan fingerprint density at radius 1 is 1.43 bits per heavy atom. The van der Waals surface area contributed by atoms with Gasteiger partial charge in [0.05, 0.1) is 0 Å². The number of carbonyl (C=O) groups is 1. The molecule has 1 saturated heterocycles. The maximum absolute atomic E-state index is 12.3. The van der Waals surface area contributed by atoms with Crippen molar-refractivity contribution in [2.75, 3.05) is 11.9 Å². The Labute approximate surface area is 126 Å². The number of amides is 1. The molecular weight excluding hydrogens is 288 g/mol. The molecule has 1 unspecified atom stereocenters. The van der Waals surface area contributed by atoms with Crippen LogP contribution in [-0.2, 0) is 11.3 Å². The number of nitrogens with zero attached hydrogens (tertiary/aromatic N) is 2. The Morgan fingerprint density at radius 3 is 3.05 bits per heavy atom. The predicted molar refractivity (Wildman–Crippen MR) is 80.1 cm³/mol. The molecule has 1 aromatic carbocycles. The van der Waals surface area contributed by atoms with Crippen LogP contribution in [0.3, 0.4) is 0 Å². The molecule has 1 aliphatic heterocycles. The van der Waals surface area contributed by atoms with Crippen LogP contribution in [0.25, 0.3) is 0 Å². The van der Waals surface area contributed by atoms with Crippen LogP contribution in [0.2, 0.25) is 0 Å². The fraction of sp³-hybridized carbons (Fsp3) is 0.357. The van der Waals surface area contributed by atoms with Gasteiger partial charge in [0.1, 0.15) is 11.1 Å². The molecule has 2 aromatic rings. The number of hydrogen-bond donors (Lipinski definition) is 2. The summed E-state index contributed by atoms with van der Waals surface area (Å²) in [5, 5.41) is 12.2. The lowest BCUT2D eigenvalue weighted by molar-refractivity contribution is 0.102. The minimum Gasteiger partial charge on any atom is -0.371 e. The first kappa shape index (κ1) is 14.1. The van der Waals surface area contributed by atoms with Crippen molar-refractivity contribution in [2.45, 2.75) is 25.5 Å². The second-order valence-corrected chi connectivity index (χ2v) is 5.77. The van der Waals surface area contributed by atoms with Crippen LogP contribution in [0, 0.1) is 0 Å². The third-order valence-corrected chi connectivity index (χ3v) is 4.28. The average Bonchev–Trinajstić information content (AvgIpc) is 3.17. The zero-order valence-electron chi connectivity index (χ0n) is 11.4. The first-order valence-corrected chi connectivity index (χ1v) is 7.64. The van der Waals surface area contributed by atoms with E-state index in [9.17, 15) is 4.79 Å². The van der Waals surface area contributed by atoms with Crippen LogP contribution in [0.5, 0.6) is 0 Å². The van der Waals surface area contributed by atoms with Gasteiger partial charge >= 0.3 is 0 Å². The summed E-state index contributed by atoms with van der Waals surface area (Å²) < 4.78 is 5.56. The molecule has 1 aliphatic rings. The zero-order chi connectivity index (χ0) is 14.7. The van der Waals surface area contributed by atoms with Crippen molar-refractivity contribution in [2.24, 2.45) is 5.73 Å². The van der Waals surface area contributed by atoms with Gasteiger partial charge in [-0.1, -0.05) is 29.5 Å². The topological polar surface area (TPSA) is 90.1 Å². The van der Waals surface area contributed by atoms with E-state index in [0.717, 1.165) is 30.0 Å². The third-order valence-electron chi connectivity index (χ3n) is 3.35. The van der Waals surface area contributed by atoms with Crippen LogP contribution in [0.4, 0.5) is 5.13 Å². The van der Waals surface area contributed by atoms with Crippen LogP contribution in [0.15, 0.2) is 24.3 Å². The van der Waals surface area contributed by atoms with Gasteiger partial charge in [-0.05, 0) is 24.5 Å². The first-order valence-electron chi connectivity index (χ1n) is 6.82. The second kappa shape index (κ2) is 6.30. The van der Waals surface area contributed by atoms with E-state index in [2.05, 4.69) is 15.5 Å². The summed E-state index contributed by atoms with van der Waals surface area (Å²) >= 11 is 1.36. The molecule has 0 aliphatic carbocycles. The minimum absolute atomic E-state index is 0.0180. The van der Waals surface area contributed by atoms with Gasteiger partial charge in [-0.2, -0.15) is 0 Å². The van der Waals surface area contributed by atoms with E-state index in [1.165, 1.54) is 11.3 Å². The lowest BCUT2D eigenvalue weighted by Gasteiger charge is -2.06. The van der Waals surface area contributed by atoms with E-state index >= 15 is 0 Å². The molecule has 1 aromatic heterocycles. The lowest BCUT2D eigenvalue weighted by Crippen LogP contribution is -2.15. The largest absolute Gasteiger partial charge is 0.371 e. The maximum Gasteiger partial charge on any atom is 0.257 e. The molecule has 6 nitrogen and oxygen atoms in total. The number of ether oxygens (including phenoxy) is 1. The highest BCUT2D eigenvalue weighted by Crippen LogP contribution is 2.32. The van der Waals surface area contributed by atoms with Gasteiger partial charge in [0.15, 0.2) is 0 Å². The number of benzene rings is 1. The Morgan fingerprint density at radius 2 is 2.29 bits per heavy atom. The van der Waals surface area contributed by atoms with Crippen molar-refractivity contribution < 1.29 is 9.53 Å². The SMILES string of the molecule is NCc1ccccc1C(=O)Nc1nnc(C2CCCO2)s1. The Hall–Kier alpha value is -1.83. The van der Waals surface area contributed by atoms with Crippen molar-refractivity contribution in [1.29, 1.82) is 0 Å². The molecular formula is C14H16N4O2S. The second-order valence-electron chi connectivity index (χ2n) is 4.76. The van der Waals surface area contributed by atoms with E-state index in [1.54, 1.807) is 6.07 Å². The van der Waals surface area contributed by atoms with Gasteiger partial charge in [0, 0.05) is 18.7 Å². The van der Waals surface area contributed by atoms with E-state index in [-0.39, 0.29) is 12.0 Å². The Balaban J connectivity index is 1.72. The Kier molecular flexibility index (Phi) is 4.23. The summed E-state index contributed by atoms with van der Waals surface area (Å²) in [7, 11) is 0. The summed E-state index contributed by atoms with van der Waals surface area (Å²) in [6.45, 7) is 1.08. The molecule has 1 fully saturated rings. The van der Waals surface area contributed by atoms with Crippen LogP contribution in [0.1, 0.15) is 39.9 Å². The molecule has 21 heavy (non-hydrogen) atoms. The normalized spacial score (nSPS) is 17.9. The van der Waals surface area contributed by atoms with Gasteiger partial charge < -0.3 is 10.5 Å². The third kappa shape index (κ3) is 3.10. The van der Waals surface area contributed by atoms with E-state index in [0.29, 0.717) is 17.2 Å². The van der Waals surface area contributed by atoms with Gasteiger partial charge in [-0.15, -0.1) is 10.2 Å². The lowest BCUT2D eigenvalue weighted by atomic mass is 10.1. The number of rotatable bonds is 4. The molecule has 1 amide bonds. The van der Waals surface area contributed by atoms with Crippen molar-refractivity contribution >= 4 is 22.4 Å². The van der Waals surface area contributed by atoms with Crippen molar-refractivity contribution in [3.05, 3.63) is 40.4 Å². The molecule has 3 N–H and O–H groups in total. The number of aromatic nitrogens is 2. The quantitative estimate of drug-likeness (QED) is 0.902. The van der Waals surface area contributed by atoms with Crippen LogP contribution >= 0.6 is 11.3 Å². The van der Waals surface area contributed by atoms with Crippen LogP contribution < -0.4 is 11.1 Å². The van der Waals surface area contributed by atoms with Gasteiger partial charge in [0.2, 0.25) is 5.13 Å². The maximum atomic E-state index is 12.3. The average molecular weight is 304 g/mol. The summed E-state index contributed by atoms with van der Waals surface area (Å²) in [4.78, 5) is 12.3. The van der Waals surface area contributed by atoms with Crippen molar-refractivity contribution in [3.8, 4) is 0 Å². The first-order chi connectivity index (χ1) is 10.3. The monoisotopic (exact) mass is 304 g/mol. The molecule has 1 atom stereocenters. The van der Waals surface area contributed by atoms with Crippen molar-refractivity contribution in [1.82, 2.24) is 10.2 Å². The molecule has 0 saturated carbocycles. The van der Waals surface area contributed by atoms with E-state index < -0.39 is 0 Å². The summed E-state index contributed by atoms with van der Waals surface area (Å²) in [5.41, 5.74) is 7.02. The van der Waals surface area contributed by atoms with E-state index in [1.807, 2.05) is 18.2 Å². The smallest absolute Gasteiger partial charge is 0.257 e. The van der Waals surface area contributed by atoms with E-state index in [4.69, 9.17) is 10.5 Å². The summed E-state index contributed by atoms with van der Waals surface area (Å²) in [6, 6.07) is 7.26. The number of anilines is 1. The molecule has 0 radical (unpaired) electrons. The fourth-order valence-corrected chi connectivity index (χ4v) is 3.09. The summed E-state index contributed by atoms with van der Waals surface area (Å²) in [5.74, 6) is -0.217. The molecule has 0 bridgehead atoms. The highest BCUT2D eigenvalue weighted by atomic mass is 32.1. The highest BCUT2D eigenvalue weighted by molar-refractivity contribution is 7.15. The standard InChI is InChI=1S/C14H16N4O2S/c15-8-9-4-1-2-5-10(9)12(19)16-14-18-17-13(21-14)11-6-3-7-20-11/h1-2,4-5,11H,3,6-8,15H2,(H,16,18,19). The number of carbonyl (C=O) groups excluding carboxylic acids is 1. The summed E-state index contributed by atoms with van der Waals surface area (Å²) in [6.07, 6.45) is 2.01. The number of nitrogens with two attached hydrogens (primary N) is 1. The van der Waals surface area contributed by atoms with Crippen molar-refractivity contribution in [3.63, 3.8) is 0 Å². The number of nitrogens with one attached hydrogen (secondary N) is 1. The molecule has 2 heterocycles. The van der Waals surface area contributed by atoms with Crippen LogP contribution in [-0.4, -0.2) is 22.7 Å². The van der Waals surface area contributed by atoms with Gasteiger partial charge in [-0.3, -0.25) is 10.1 Å². The predicted octanol–water partition coefficient (Wildman–Crippen LogP) is 2.10.